The lowest BCUT2D eigenvalue weighted by atomic mass is 10.2. The number of benzene rings is 1. The fourth-order valence-corrected chi connectivity index (χ4v) is 1.95. The lowest BCUT2D eigenvalue weighted by Gasteiger charge is -1.96. The molecule has 1 aromatic carbocycles. The second-order valence-electron chi connectivity index (χ2n) is 3.74. The molecule has 2 rings (SSSR count). The minimum Gasteiger partial charge on any atom is -0.374 e. The fourth-order valence-electron chi connectivity index (χ4n) is 1.34. The van der Waals surface area contributed by atoms with Crippen LogP contribution >= 0.6 is 11.3 Å². The van der Waals surface area contributed by atoms with Gasteiger partial charge in [0.1, 0.15) is 5.01 Å². The summed E-state index contributed by atoms with van der Waals surface area (Å²) < 4.78 is 0. The Balaban J connectivity index is 1.86. The van der Waals surface area contributed by atoms with E-state index in [4.69, 9.17) is 11.0 Å². The molecule has 20 heavy (non-hydrogen) atoms. The number of nitriles is 1. The van der Waals surface area contributed by atoms with Gasteiger partial charge in [0.2, 0.25) is 11.0 Å². The Bertz CT molecular complexity index is 670. The standard InChI is InChI=1S/C12H10N6OS/c13-6-8-1-3-9(4-2-8)7-15-16-10(19)5-11-17-18-12(14)20-11/h1-4,7H,5H2,(H2,14,18)(H,16,19). The number of nitrogens with zero attached hydrogens (tertiary/aromatic N) is 4. The van der Waals surface area contributed by atoms with E-state index in [1.165, 1.54) is 6.21 Å². The minimum atomic E-state index is -0.300. The number of carbonyl (C=O) groups excluding carboxylic acids is 1. The van der Waals surface area contributed by atoms with Crippen molar-refractivity contribution in [2.24, 2.45) is 5.10 Å². The lowest BCUT2D eigenvalue weighted by molar-refractivity contribution is -0.120. The van der Waals surface area contributed by atoms with Gasteiger partial charge in [-0.3, -0.25) is 4.79 Å². The van der Waals surface area contributed by atoms with Crippen LogP contribution in [0.5, 0.6) is 0 Å². The number of nitrogen functional groups attached to an aromatic ring is 1. The highest BCUT2D eigenvalue weighted by molar-refractivity contribution is 7.15. The molecule has 0 aliphatic rings. The van der Waals surface area contributed by atoms with E-state index in [1.54, 1.807) is 24.3 Å². The van der Waals surface area contributed by atoms with E-state index in [0.717, 1.165) is 16.9 Å². The zero-order valence-corrected chi connectivity index (χ0v) is 11.1. The zero-order chi connectivity index (χ0) is 14.4. The highest BCUT2D eigenvalue weighted by atomic mass is 32.1. The van der Waals surface area contributed by atoms with Gasteiger partial charge in [0, 0.05) is 0 Å². The third-order valence-electron chi connectivity index (χ3n) is 2.24. The number of hydrogen-bond acceptors (Lipinski definition) is 7. The number of aromatic nitrogens is 2. The van der Waals surface area contributed by atoms with Gasteiger partial charge in [-0.25, -0.2) is 5.43 Å². The average molecular weight is 286 g/mol. The van der Waals surface area contributed by atoms with Gasteiger partial charge in [-0.05, 0) is 17.7 Å². The van der Waals surface area contributed by atoms with Crippen molar-refractivity contribution in [3.8, 4) is 6.07 Å². The van der Waals surface area contributed by atoms with E-state index >= 15 is 0 Å². The average Bonchev–Trinajstić information content (AvgIpc) is 2.85. The molecular formula is C12H10N6OS. The summed E-state index contributed by atoms with van der Waals surface area (Å²) in [5.41, 5.74) is 9.15. The van der Waals surface area contributed by atoms with Crippen LogP contribution in [0.3, 0.4) is 0 Å². The lowest BCUT2D eigenvalue weighted by Crippen LogP contribution is -2.19. The molecule has 8 heteroatoms. The highest BCUT2D eigenvalue weighted by Gasteiger charge is 2.06. The molecule has 0 aliphatic carbocycles. The second kappa shape index (κ2) is 6.40. The van der Waals surface area contributed by atoms with E-state index in [2.05, 4.69) is 20.7 Å². The Hall–Kier alpha value is -2.79. The fraction of sp³-hybridized carbons (Fsp3) is 0.0833. The number of hydrogen-bond donors (Lipinski definition) is 2. The van der Waals surface area contributed by atoms with E-state index in [1.807, 2.05) is 6.07 Å². The SMILES string of the molecule is N#Cc1ccc(C=NNC(=O)Cc2nnc(N)s2)cc1. The first kappa shape index (κ1) is 13.6. The van der Waals surface area contributed by atoms with Crippen LogP contribution in [-0.4, -0.2) is 22.3 Å². The van der Waals surface area contributed by atoms with Crippen LogP contribution in [0, 0.1) is 11.3 Å². The normalized spacial score (nSPS) is 10.3. The number of nitrogens with two attached hydrogens (primary N) is 1. The summed E-state index contributed by atoms with van der Waals surface area (Å²) in [4.78, 5) is 11.5. The van der Waals surface area contributed by atoms with Gasteiger partial charge in [-0.15, -0.1) is 10.2 Å². The van der Waals surface area contributed by atoms with E-state index in [9.17, 15) is 4.79 Å². The maximum absolute atomic E-state index is 11.5. The molecule has 3 N–H and O–H groups in total. The number of anilines is 1. The Morgan fingerprint density at radius 1 is 1.45 bits per heavy atom. The molecule has 0 bridgehead atoms. The number of rotatable bonds is 4. The van der Waals surface area contributed by atoms with Gasteiger partial charge in [0.25, 0.3) is 0 Å². The molecule has 0 fully saturated rings. The van der Waals surface area contributed by atoms with Gasteiger partial charge in [0.05, 0.1) is 24.3 Å². The molecule has 0 spiro atoms. The van der Waals surface area contributed by atoms with Crippen molar-refractivity contribution in [2.75, 3.05) is 5.73 Å². The molecule has 1 aromatic heterocycles. The molecule has 0 atom stereocenters. The third kappa shape index (κ3) is 3.86. The van der Waals surface area contributed by atoms with E-state index < -0.39 is 0 Å². The van der Waals surface area contributed by atoms with Gasteiger partial charge < -0.3 is 5.73 Å². The van der Waals surface area contributed by atoms with Crippen molar-refractivity contribution in [2.45, 2.75) is 6.42 Å². The number of carbonyl (C=O) groups is 1. The summed E-state index contributed by atoms with van der Waals surface area (Å²) in [5, 5.41) is 20.7. The molecule has 0 radical (unpaired) electrons. The van der Waals surface area contributed by atoms with Crippen molar-refractivity contribution in [3.05, 3.63) is 40.4 Å². The molecule has 0 saturated carbocycles. The predicted molar refractivity (Wildman–Crippen MR) is 74.9 cm³/mol. The molecule has 7 nitrogen and oxygen atoms in total. The number of amides is 1. The van der Waals surface area contributed by atoms with Crippen molar-refractivity contribution >= 4 is 28.6 Å². The van der Waals surface area contributed by atoms with Crippen LogP contribution in [0.15, 0.2) is 29.4 Å². The Labute approximate surface area is 118 Å². The van der Waals surface area contributed by atoms with Crippen LogP contribution < -0.4 is 11.2 Å². The summed E-state index contributed by atoms with van der Waals surface area (Å²) in [7, 11) is 0. The summed E-state index contributed by atoms with van der Waals surface area (Å²) >= 11 is 1.16. The number of hydrazone groups is 1. The smallest absolute Gasteiger partial charge is 0.247 e. The van der Waals surface area contributed by atoms with Crippen LogP contribution in [0.2, 0.25) is 0 Å². The van der Waals surface area contributed by atoms with Crippen LogP contribution in [0.4, 0.5) is 5.13 Å². The maximum atomic E-state index is 11.5. The van der Waals surface area contributed by atoms with E-state index in [0.29, 0.717) is 15.7 Å². The minimum absolute atomic E-state index is 0.0829. The van der Waals surface area contributed by atoms with Crippen molar-refractivity contribution in [1.82, 2.24) is 15.6 Å². The molecule has 100 valence electrons. The quantitative estimate of drug-likeness (QED) is 0.633. The summed E-state index contributed by atoms with van der Waals surface area (Å²) in [6.45, 7) is 0. The Morgan fingerprint density at radius 3 is 2.80 bits per heavy atom. The first-order valence-corrected chi connectivity index (χ1v) is 6.39. The summed E-state index contributed by atoms with van der Waals surface area (Å²) in [6.07, 6.45) is 1.58. The van der Waals surface area contributed by atoms with Gasteiger partial charge in [0.15, 0.2) is 0 Å². The third-order valence-corrected chi connectivity index (χ3v) is 2.99. The van der Waals surface area contributed by atoms with Crippen LogP contribution in [0.25, 0.3) is 0 Å². The van der Waals surface area contributed by atoms with Crippen molar-refractivity contribution < 1.29 is 4.79 Å². The molecular weight excluding hydrogens is 276 g/mol. The van der Waals surface area contributed by atoms with Crippen LogP contribution in [0.1, 0.15) is 16.1 Å². The van der Waals surface area contributed by atoms with E-state index in [-0.39, 0.29) is 12.3 Å². The van der Waals surface area contributed by atoms with Gasteiger partial charge in [-0.2, -0.15) is 10.4 Å². The zero-order valence-electron chi connectivity index (χ0n) is 10.3. The van der Waals surface area contributed by atoms with Crippen LogP contribution in [-0.2, 0) is 11.2 Å². The number of nitrogens with one attached hydrogen (secondary N) is 1. The predicted octanol–water partition coefficient (Wildman–Crippen LogP) is 0.685. The first-order chi connectivity index (χ1) is 9.67. The van der Waals surface area contributed by atoms with Gasteiger partial charge in [-0.1, -0.05) is 23.5 Å². The Kier molecular flexibility index (Phi) is 4.36. The van der Waals surface area contributed by atoms with Crippen molar-refractivity contribution in [3.63, 3.8) is 0 Å². The molecule has 1 heterocycles. The monoisotopic (exact) mass is 286 g/mol. The highest BCUT2D eigenvalue weighted by Crippen LogP contribution is 2.10. The topological polar surface area (TPSA) is 117 Å². The summed E-state index contributed by atoms with van der Waals surface area (Å²) in [5.74, 6) is -0.300. The molecule has 0 aliphatic heterocycles. The maximum Gasteiger partial charge on any atom is 0.247 e. The first-order valence-electron chi connectivity index (χ1n) is 5.57. The largest absolute Gasteiger partial charge is 0.374 e. The molecule has 2 aromatic rings. The molecule has 0 unspecified atom stereocenters. The Morgan fingerprint density at radius 2 is 2.20 bits per heavy atom. The van der Waals surface area contributed by atoms with Gasteiger partial charge >= 0.3 is 0 Å². The molecule has 0 saturated heterocycles. The molecule has 1 amide bonds. The second-order valence-corrected chi connectivity index (χ2v) is 4.83. The summed E-state index contributed by atoms with van der Waals surface area (Å²) in [6, 6.07) is 8.84. The van der Waals surface area contributed by atoms with Crippen molar-refractivity contribution in [1.29, 1.82) is 5.26 Å².